The molecule has 3 rings (SSSR count). The van der Waals surface area contributed by atoms with Gasteiger partial charge in [-0.3, -0.25) is 0 Å². The third kappa shape index (κ3) is 3.14. The molecule has 0 aliphatic carbocycles. The van der Waals surface area contributed by atoms with Crippen molar-refractivity contribution >= 4 is 11.0 Å². The predicted molar refractivity (Wildman–Crippen MR) is 94.8 cm³/mol. The van der Waals surface area contributed by atoms with Crippen LogP contribution in [0, 0.1) is 6.92 Å². The lowest BCUT2D eigenvalue weighted by Gasteiger charge is -2.18. The second-order valence-corrected chi connectivity index (χ2v) is 5.69. The second kappa shape index (κ2) is 6.69. The van der Waals surface area contributed by atoms with E-state index in [0.717, 1.165) is 35.6 Å². The van der Waals surface area contributed by atoms with E-state index in [1.807, 2.05) is 36.4 Å². The Morgan fingerprint density at radius 2 is 2.04 bits per heavy atom. The largest absolute Gasteiger partial charge is 0.483 e. The summed E-state index contributed by atoms with van der Waals surface area (Å²) in [5.74, 6) is 1.84. The van der Waals surface area contributed by atoms with Gasteiger partial charge in [-0.05, 0) is 43.2 Å². The average molecular weight is 306 g/mol. The Balaban J connectivity index is 2.01. The van der Waals surface area contributed by atoms with Crippen molar-refractivity contribution in [1.82, 2.24) is 9.55 Å². The quantitative estimate of drug-likeness (QED) is 0.595. The molecule has 0 N–H and O–H groups in total. The average Bonchev–Trinajstić information content (AvgIpc) is 2.92. The minimum absolute atomic E-state index is 0.0795. The number of aryl methyl sites for hydroxylation is 1. The number of ether oxygens (including phenoxy) is 1. The molecule has 3 nitrogen and oxygen atoms in total. The van der Waals surface area contributed by atoms with Crippen LogP contribution in [0.3, 0.4) is 0 Å². The van der Waals surface area contributed by atoms with Crippen LogP contribution in [-0.4, -0.2) is 9.55 Å². The summed E-state index contributed by atoms with van der Waals surface area (Å²) in [6.07, 6.45) is 2.68. The van der Waals surface area contributed by atoms with Crippen LogP contribution in [0.4, 0.5) is 0 Å². The minimum atomic E-state index is -0.0795. The van der Waals surface area contributed by atoms with E-state index in [0.29, 0.717) is 0 Å². The van der Waals surface area contributed by atoms with Gasteiger partial charge in [0, 0.05) is 6.54 Å². The summed E-state index contributed by atoms with van der Waals surface area (Å²) in [6.45, 7) is 8.79. The standard InChI is InChI=1S/C20H22N2O/c1-4-13-22-18-12-7-6-11-17(18)21-20(22)19(5-2)23-16-10-8-9-15(3)14-16/h4,6-12,14,19H,1,5,13H2,2-3H3/t19-/m1/s1. The van der Waals surface area contributed by atoms with Crippen molar-refractivity contribution in [3.63, 3.8) is 0 Å². The molecule has 0 aliphatic rings. The first-order chi connectivity index (χ1) is 11.2. The van der Waals surface area contributed by atoms with Gasteiger partial charge >= 0.3 is 0 Å². The first kappa shape index (κ1) is 15.3. The number of hydrogen-bond acceptors (Lipinski definition) is 2. The fourth-order valence-corrected chi connectivity index (χ4v) is 2.83. The molecule has 1 aromatic heterocycles. The molecular weight excluding hydrogens is 284 g/mol. The molecule has 118 valence electrons. The van der Waals surface area contributed by atoms with Gasteiger partial charge in [0.05, 0.1) is 11.0 Å². The Bertz CT molecular complexity index is 819. The Morgan fingerprint density at radius 1 is 1.22 bits per heavy atom. The van der Waals surface area contributed by atoms with Crippen molar-refractivity contribution in [3.05, 3.63) is 72.6 Å². The Kier molecular flexibility index (Phi) is 4.47. The second-order valence-electron chi connectivity index (χ2n) is 5.69. The van der Waals surface area contributed by atoms with Crippen LogP contribution in [0.5, 0.6) is 5.75 Å². The first-order valence-corrected chi connectivity index (χ1v) is 8.02. The summed E-state index contributed by atoms with van der Waals surface area (Å²) < 4.78 is 8.42. The lowest BCUT2D eigenvalue weighted by molar-refractivity contribution is 0.187. The van der Waals surface area contributed by atoms with Gasteiger partial charge < -0.3 is 9.30 Å². The molecule has 0 aliphatic heterocycles. The molecule has 3 aromatic rings. The molecule has 0 fully saturated rings. The minimum Gasteiger partial charge on any atom is -0.483 e. The van der Waals surface area contributed by atoms with Gasteiger partial charge in [0.15, 0.2) is 11.9 Å². The maximum atomic E-state index is 6.23. The van der Waals surface area contributed by atoms with Gasteiger partial charge in [0.25, 0.3) is 0 Å². The van der Waals surface area contributed by atoms with Crippen LogP contribution in [0.25, 0.3) is 11.0 Å². The van der Waals surface area contributed by atoms with E-state index in [4.69, 9.17) is 9.72 Å². The van der Waals surface area contributed by atoms with Gasteiger partial charge in [-0.25, -0.2) is 4.98 Å². The molecule has 0 radical (unpaired) electrons. The number of rotatable bonds is 6. The van der Waals surface area contributed by atoms with Crippen molar-refractivity contribution in [3.8, 4) is 5.75 Å². The number of imidazole rings is 1. The maximum Gasteiger partial charge on any atom is 0.156 e. The van der Waals surface area contributed by atoms with Crippen molar-refractivity contribution < 1.29 is 4.74 Å². The van der Waals surface area contributed by atoms with Crippen LogP contribution in [0.15, 0.2) is 61.2 Å². The van der Waals surface area contributed by atoms with Crippen LogP contribution in [-0.2, 0) is 6.54 Å². The molecule has 0 amide bonds. The van der Waals surface area contributed by atoms with Crippen LogP contribution < -0.4 is 4.74 Å². The highest BCUT2D eigenvalue weighted by molar-refractivity contribution is 5.76. The SMILES string of the molecule is C=CCn1c([C@@H](CC)Oc2cccc(C)c2)nc2ccccc21. The monoisotopic (exact) mass is 306 g/mol. The molecule has 1 atom stereocenters. The van der Waals surface area contributed by atoms with E-state index < -0.39 is 0 Å². The van der Waals surface area contributed by atoms with E-state index in [9.17, 15) is 0 Å². The zero-order valence-electron chi connectivity index (χ0n) is 13.7. The molecular formula is C20H22N2O. The fraction of sp³-hybridized carbons (Fsp3) is 0.250. The Labute approximate surface area is 137 Å². The number of para-hydroxylation sites is 2. The normalized spacial score (nSPS) is 12.3. The third-order valence-electron chi connectivity index (χ3n) is 3.92. The van der Waals surface area contributed by atoms with Crippen molar-refractivity contribution in [1.29, 1.82) is 0 Å². The lowest BCUT2D eigenvalue weighted by atomic mass is 10.2. The van der Waals surface area contributed by atoms with E-state index >= 15 is 0 Å². The van der Waals surface area contributed by atoms with Crippen molar-refractivity contribution in [2.45, 2.75) is 32.9 Å². The summed E-state index contributed by atoms with van der Waals surface area (Å²) in [4.78, 5) is 4.81. The zero-order valence-corrected chi connectivity index (χ0v) is 13.7. The smallest absolute Gasteiger partial charge is 0.156 e. The summed E-state index contributed by atoms with van der Waals surface area (Å²) in [5.41, 5.74) is 3.31. The van der Waals surface area contributed by atoms with Crippen LogP contribution in [0.2, 0.25) is 0 Å². The number of benzene rings is 2. The Hall–Kier alpha value is -2.55. The molecule has 23 heavy (non-hydrogen) atoms. The molecule has 1 heterocycles. The van der Waals surface area contributed by atoms with E-state index in [1.54, 1.807) is 0 Å². The van der Waals surface area contributed by atoms with E-state index in [2.05, 4.69) is 43.2 Å². The molecule has 0 bridgehead atoms. The first-order valence-electron chi connectivity index (χ1n) is 8.02. The number of hydrogen-bond donors (Lipinski definition) is 0. The molecule has 0 spiro atoms. The van der Waals surface area contributed by atoms with E-state index in [1.165, 1.54) is 5.56 Å². The number of nitrogens with zero attached hydrogens (tertiary/aromatic N) is 2. The molecule has 0 unspecified atom stereocenters. The third-order valence-corrected chi connectivity index (χ3v) is 3.92. The maximum absolute atomic E-state index is 6.23. The predicted octanol–water partition coefficient (Wildman–Crippen LogP) is 5.06. The van der Waals surface area contributed by atoms with E-state index in [-0.39, 0.29) is 6.10 Å². The van der Waals surface area contributed by atoms with Crippen LogP contribution >= 0.6 is 0 Å². The lowest BCUT2D eigenvalue weighted by Crippen LogP contribution is -2.13. The van der Waals surface area contributed by atoms with Crippen molar-refractivity contribution in [2.75, 3.05) is 0 Å². The van der Waals surface area contributed by atoms with Crippen molar-refractivity contribution in [2.24, 2.45) is 0 Å². The molecule has 3 heteroatoms. The molecule has 0 saturated carbocycles. The highest BCUT2D eigenvalue weighted by Gasteiger charge is 2.20. The topological polar surface area (TPSA) is 27.1 Å². The zero-order chi connectivity index (χ0) is 16.2. The molecule has 2 aromatic carbocycles. The van der Waals surface area contributed by atoms with Gasteiger partial charge in [0.1, 0.15) is 5.75 Å². The number of allylic oxidation sites excluding steroid dienone is 1. The fourth-order valence-electron chi connectivity index (χ4n) is 2.83. The number of aromatic nitrogens is 2. The highest BCUT2D eigenvalue weighted by Crippen LogP contribution is 2.28. The summed E-state index contributed by atoms with van der Waals surface area (Å²) in [5, 5.41) is 0. The summed E-state index contributed by atoms with van der Waals surface area (Å²) in [7, 11) is 0. The summed E-state index contributed by atoms with van der Waals surface area (Å²) in [6, 6.07) is 16.3. The Morgan fingerprint density at radius 3 is 2.78 bits per heavy atom. The van der Waals surface area contributed by atoms with Gasteiger partial charge in [-0.2, -0.15) is 0 Å². The molecule has 0 saturated heterocycles. The summed E-state index contributed by atoms with van der Waals surface area (Å²) >= 11 is 0. The van der Waals surface area contributed by atoms with Crippen LogP contribution in [0.1, 0.15) is 30.8 Å². The number of fused-ring (bicyclic) bond motifs is 1. The van der Waals surface area contributed by atoms with Gasteiger partial charge in [-0.1, -0.05) is 37.3 Å². The van der Waals surface area contributed by atoms with Gasteiger partial charge in [0.2, 0.25) is 0 Å². The van der Waals surface area contributed by atoms with Gasteiger partial charge in [-0.15, -0.1) is 6.58 Å². The highest BCUT2D eigenvalue weighted by atomic mass is 16.5.